The molecule has 0 spiro atoms. The van der Waals surface area contributed by atoms with Gasteiger partial charge in [-0.3, -0.25) is 0 Å². The zero-order valence-corrected chi connectivity index (χ0v) is 9.67. The van der Waals surface area contributed by atoms with Gasteiger partial charge in [0.2, 0.25) is 0 Å². The van der Waals surface area contributed by atoms with E-state index in [0.29, 0.717) is 15.0 Å². The maximum atomic E-state index is 5.26. The second-order valence-corrected chi connectivity index (χ2v) is 6.25. The van der Waals surface area contributed by atoms with Gasteiger partial charge in [-0.2, -0.15) is 0 Å². The first-order chi connectivity index (χ1) is 5.33. The summed E-state index contributed by atoms with van der Waals surface area (Å²) in [7, 11) is 0. The molecule has 0 radical (unpaired) electrons. The second-order valence-electron chi connectivity index (χ2n) is 3.28. The molecule has 0 atom stereocenters. The predicted octanol–water partition coefficient (Wildman–Crippen LogP) is 3.04. The normalized spacial score (nSPS) is 20.1. The Morgan fingerprint density at radius 1 is 1.36 bits per heavy atom. The van der Waals surface area contributed by atoms with E-state index in [1.807, 2.05) is 0 Å². The third-order valence-electron chi connectivity index (χ3n) is 2.41. The second kappa shape index (κ2) is 5.29. The third-order valence-corrected chi connectivity index (χ3v) is 4.75. The van der Waals surface area contributed by atoms with E-state index in [9.17, 15) is 0 Å². The van der Waals surface area contributed by atoms with Crippen molar-refractivity contribution in [2.75, 3.05) is 0 Å². The molecule has 0 aromatic heterocycles. The van der Waals surface area contributed by atoms with E-state index >= 15 is 0 Å². The fraction of sp³-hybridized carbons (Fsp3) is 0.889. The summed E-state index contributed by atoms with van der Waals surface area (Å²) < 4.78 is 1.35. The molecule has 0 amide bonds. The summed E-state index contributed by atoms with van der Waals surface area (Å²) in [5.74, 6) is 3.19. The van der Waals surface area contributed by atoms with Gasteiger partial charge in [-0.15, -0.1) is 0 Å². The Morgan fingerprint density at radius 3 is 2.55 bits per heavy atom. The first kappa shape index (κ1) is 9.70. The van der Waals surface area contributed by atoms with Gasteiger partial charge in [0.1, 0.15) is 0 Å². The number of hydrogen-bond donors (Lipinski definition) is 0. The molecule has 0 bridgehead atoms. The van der Waals surface area contributed by atoms with Gasteiger partial charge in [-0.25, -0.2) is 0 Å². The third kappa shape index (κ3) is 3.68. The van der Waals surface area contributed by atoms with Crippen LogP contribution in [0.5, 0.6) is 0 Å². The molecule has 0 aromatic rings. The number of hydrogen-bond acceptors (Lipinski definition) is 1. The molecular weight excluding hydrogens is 219 g/mol. The van der Waals surface area contributed by atoms with Crippen LogP contribution in [0.1, 0.15) is 38.5 Å². The Balaban J connectivity index is 2.19. The molecular formula is C9H16SSe. The Labute approximate surface area is 81.3 Å². The van der Waals surface area contributed by atoms with Crippen molar-refractivity contribution in [2.24, 2.45) is 5.92 Å². The van der Waals surface area contributed by atoms with Crippen LogP contribution in [0.15, 0.2) is 0 Å². The Hall–Kier alpha value is 0.609. The van der Waals surface area contributed by atoms with Crippen LogP contribution in [-0.2, 0) is 0 Å². The molecule has 1 saturated carbocycles. The minimum atomic E-state index is 0.618. The van der Waals surface area contributed by atoms with Crippen molar-refractivity contribution >= 4 is 30.9 Å². The Bertz CT molecular complexity index is 128. The standard InChI is InChI=1S/C9H16SSe/c1-11-9(10)7-8-5-3-2-4-6-8/h8H,2-7H2,1H3. The van der Waals surface area contributed by atoms with Crippen LogP contribution >= 0.6 is 12.2 Å². The zero-order valence-electron chi connectivity index (χ0n) is 7.14. The van der Waals surface area contributed by atoms with Crippen LogP contribution in [0.4, 0.5) is 0 Å². The summed E-state index contributed by atoms with van der Waals surface area (Å²) in [6, 6.07) is 0. The quantitative estimate of drug-likeness (QED) is 0.535. The van der Waals surface area contributed by atoms with Gasteiger partial charge < -0.3 is 0 Å². The summed E-state index contributed by atoms with van der Waals surface area (Å²) in [5, 5.41) is 0. The van der Waals surface area contributed by atoms with Gasteiger partial charge in [0.25, 0.3) is 0 Å². The average molecular weight is 235 g/mol. The molecule has 0 saturated heterocycles. The molecule has 0 aromatic carbocycles. The summed E-state index contributed by atoms with van der Waals surface area (Å²) in [6.45, 7) is 0. The van der Waals surface area contributed by atoms with Crippen molar-refractivity contribution < 1.29 is 0 Å². The van der Waals surface area contributed by atoms with E-state index in [-0.39, 0.29) is 0 Å². The van der Waals surface area contributed by atoms with E-state index < -0.39 is 0 Å². The fourth-order valence-corrected chi connectivity index (χ4v) is 2.79. The van der Waals surface area contributed by atoms with E-state index in [1.54, 1.807) is 0 Å². The summed E-state index contributed by atoms with van der Waals surface area (Å²) in [4.78, 5) is 0. The fourth-order valence-electron chi connectivity index (χ4n) is 1.71. The molecule has 0 nitrogen and oxygen atoms in total. The van der Waals surface area contributed by atoms with Gasteiger partial charge >= 0.3 is 81.2 Å². The van der Waals surface area contributed by atoms with Crippen molar-refractivity contribution in [2.45, 2.75) is 44.3 Å². The monoisotopic (exact) mass is 236 g/mol. The Morgan fingerprint density at radius 2 is 2.00 bits per heavy atom. The predicted molar refractivity (Wildman–Crippen MR) is 55.4 cm³/mol. The van der Waals surface area contributed by atoms with Crippen molar-refractivity contribution in [3.63, 3.8) is 0 Å². The van der Waals surface area contributed by atoms with Crippen molar-refractivity contribution in [1.29, 1.82) is 0 Å². The van der Waals surface area contributed by atoms with Gasteiger partial charge in [0.15, 0.2) is 0 Å². The van der Waals surface area contributed by atoms with E-state index in [1.165, 1.54) is 42.3 Å². The molecule has 2 heteroatoms. The molecule has 11 heavy (non-hydrogen) atoms. The van der Waals surface area contributed by atoms with Crippen molar-refractivity contribution in [3.05, 3.63) is 0 Å². The SMILES string of the molecule is C[Se]C(=S)CC1CCCCC1. The molecule has 0 aliphatic heterocycles. The number of rotatable bonds is 3. The van der Waals surface area contributed by atoms with Gasteiger partial charge in [0, 0.05) is 0 Å². The van der Waals surface area contributed by atoms with Gasteiger partial charge in [0.05, 0.1) is 0 Å². The molecule has 0 heterocycles. The van der Waals surface area contributed by atoms with Crippen LogP contribution in [0.2, 0.25) is 5.82 Å². The van der Waals surface area contributed by atoms with E-state index in [2.05, 4.69) is 5.82 Å². The first-order valence-corrected chi connectivity index (χ1v) is 7.37. The summed E-state index contributed by atoms with van der Waals surface area (Å²) in [5.41, 5.74) is 0. The molecule has 1 rings (SSSR count). The van der Waals surface area contributed by atoms with Gasteiger partial charge in [-0.1, -0.05) is 0 Å². The average Bonchev–Trinajstić information content (AvgIpc) is 2.06. The van der Waals surface area contributed by atoms with Gasteiger partial charge in [-0.05, 0) is 0 Å². The molecule has 64 valence electrons. The van der Waals surface area contributed by atoms with Crippen LogP contribution in [0.3, 0.4) is 0 Å². The van der Waals surface area contributed by atoms with Crippen molar-refractivity contribution in [1.82, 2.24) is 0 Å². The molecule has 0 unspecified atom stereocenters. The summed E-state index contributed by atoms with van der Waals surface area (Å²) in [6.07, 6.45) is 8.49. The molecule has 1 aliphatic rings. The molecule has 1 fully saturated rings. The van der Waals surface area contributed by atoms with Crippen LogP contribution in [0, 0.1) is 5.92 Å². The molecule has 0 N–H and O–H groups in total. The number of thiocarbonyl (C=S) groups is 1. The summed E-state index contributed by atoms with van der Waals surface area (Å²) >= 11 is 5.88. The minimum absolute atomic E-state index is 0.618. The first-order valence-electron chi connectivity index (χ1n) is 4.39. The van der Waals surface area contributed by atoms with Crippen LogP contribution in [0.25, 0.3) is 0 Å². The van der Waals surface area contributed by atoms with Crippen LogP contribution in [-0.4, -0.2) is 18.7 Å². The maximum absolute atomic E-state index is 5.26. The topological polar surface area (TPSA) is 0 Å². The molecule has 1 aliphatic carbocycles. The Kier molecular flexibility index (Phi) is 4.66. The van der Waals surface area contributed by atoms with E-state index in [0.717, 1.165) is 5.92 Å². The zero-order chi connectivity index (χ0) is 8.10. The van der Waals surface area contributed by atoms with Crippen LogP contribution < -0.4 is 0 Å². The van der Waals surface area contributed by atoms with E-state index in [4.69, 9.17) is 12.2 Å². The van der Waals surface area contributed by atoms with Crippen molar-refractivity contribution in [3.8, 4) is 0 Å².